The molecule has 0 aliphatic rings. The van der Waals surface area contributed by atoms with E-state index in [2.05, 4.69) is 14.9 Å². The maximum Gasteiger partial charge on any atom is 0.265 e. The van der Waals surface area contributed by atoms with Gasteiger partial charge in [0.05, 0.1) is 5.69 Å². The lowest BCUT2D eigenvalue weighted by molar-refractivity contribution is 0.0954. The molecule has 0 radical (unpaired) electrons. The summed E-state index contributed by atoms with van der Waals surface area (Å²) in [6.45, 7) is 5.99. The van der Waals surface area contributed by atoms with Crippen LogP contribution in [-0.4, -0.2) is 15.5 Å². The summed E-state index contributed by atoms with van der Waals surface area (Å²) in [4.78, 5) is 12.4. The van der Waals surface area contributed by atoms with Gasteiger partial charge in [-0.05, 0) is 38.4 Å². The summed E-state index contributed by atoms with van der Waals surface area (Å²) >= 11 is 1.11. The Balaban J connectivity index is 2.02. The van der Waals surface area contributed by atoms with Crippen LogP contribution in [0.1, 0.15) is 32.4 Å². The first-order valence-corrected chi connectivity index (χ1v) is 5.98. The quantitative estimate of drug-likeness (QED) is 0.905. The largest absolute Gasteiger partial charge is 0.466 e. The molecule has 1 N–H and O–H groups in total. The molecule has 17 heavy (non-hydrogen) atoms. The highest BCUT2D eigenvalue weighted by Crippen LogP contribution is 2.14. The smallest absolute Gasteiger partial charge is 0.265 e. The molecule has 0 aliphatic heterocycles. The van der Waals surface area contributed by atoms with Crippen LogP contribution in [-0.2, 0) is 6.54 Å². The van der Waals surface area contributed by atoms with Gasteiger partial charge in [-0.25, -0.2) is 0 Å². The number of nitrogens with one attached hydrogen (secondary N) is 1. The minimum absolute atomic E-state index is 0.143. The first kappa shape index (κ1) is 11.8. The zero-order valence-electron chi connectivity index (χ0n) is 9.90. The molecule has 2 heterocycles. The van der Waals surface area contributed by atoms with Crippen molar-refractivity contribution in [3.8, 4) is 0 Å². The summed E-state index contributed by atoms with van der Waals surface area (Å²) in [5.74, 6) is 1.54. The van der Waals surface area contributed by atoms with Crippen molar-refractivity contribution in [3.63, 3.8) is 0 Å². The van der Waals surface area contributed by atoms with Crippen LogP contribution in [0.15, 0.2) is 10.5 Å². The van der Waals surface area contributed by atoms with E-state index in [9.17, 15) is 4.79 Å². The van der Waals surface area contributed by atoms with E-state index in [-0.39, 0.29) is 5.91 Å². The van der Waals surface area contributed by atoms with Crippen LogP contribution < -0.4 is 5.32 Å². The Morgan fingerprint density at radius 2 is 2.24 bits per heavy atom. The minimum atomic E-state index is -0.143. The van der Waals surface area contributed by atoms with Crippen molar-refractivity contribution in [2.45, 2.75) is 27.3 Å². The molecule has 0 atom stereocenters. The van der Waals surface area contributed by atoms with Gasteiger partial charge in [-0.2, -0.15) is 0 Å². The first-order chi connectivity index (χ1) is 8.08. The van der Waals surface area contributed by atoms with Gasteiger partial charge < -0.3 is 9.73 Å². The fraction of sp³-hybridized carbons (Fsp3) is 0.364. The zero-order valence-corrected chi connectivity index (χ0v) is 10.7. The number of rotatable bonds is 3. The van der Waals surface area contributed by atoms with Crippen molar-refractivity contribution in [1.82, 2.24) is 14.9 Å². The summed E-state index contributed by atoms with van der Waals surface area (Å²) < 4.78 is 9.12. The van der Waals surface area contributed by atoms with Crippen LogP contribution in [0.25, 0.3) is 0 Å². The molecule has 0 saturated heterocycles. The lowest BCUT2D eigenvalue weighted by atomic mass is 10.2. The maximum atomic E-state index is 11.8. The molecular weight excluding hydrogens is 238 g/mol. The van der Waals surface area contributed by atoms with Gasteiger partial charge in [-0.15, -0.1) is 5.10 Å². The number of nitrogens with zero attached hydrogens (tertiary/aromatic N) is 2. The third kappa shape index (κ3) is 2.52. The molecule has 1 amide bonds. The molecule has 90 valence electrons. The first-order valence-electron chi connectivity index (χ1n) is 5.21. The molecule has 2 rings (SSSR count). The second-order valence-corrected chi connectivity index (χ2v) is 4.56. The van der Waals surface area contributed by atoms with Gasteiger partial charge in [-0.1, -0.05) is 4.49 Å². The molecule has 0 unspecified atom stereocenters. The SMILES string of the molecule is Cc1cc(CNC(=O)c2snnc2C)c(C)o1. The van der Waals surface area contributed by atoms with Crippen LogP contribution in [0.5, 0.6) is 0 Å². The molecule has 5 nitrogen and oxygen atoms in total. The molecule has 0 spiro atoms. The highest BCUT2D eigenvalue weighted by atomic mass is 32.1. The highest BCUT2D eigenvalue weighted by molar-refractivity contribution is 7.07. The average Bonchev–Trinajstić information content (AvgIpc) is 2.81. The van der Waals surface area contributed by atoms with Crippen LogP contribution in [0, 0.1) is 20.8 Å². The number of hydrogen-bond acceptors (Lipinski definition) is 5. The summed E-state index contributed by atoms with van der Waals surface area (Å²) in [5.41, 5.74) is 1.65. The molecule has 0 fully saturated rings. The van der Waals surface area contributed by atoms with Crippen molar-refractivity contribution < 1.29 is 9.21 Å². The van der Waals surface area contributed by atoms with Gasteiger partial charge in [0.2, 0.25) is 0 Å². The van der Waals surface area contributed by atoms with Crippen molar-refractivity contribution in [2.24, 2.45) is 0 Å². The minimum Gasteiger partial charge on any atom is -0.466 e. The van der Waals surface area contributed by atoms with E-state index in [4.69, 9.17) is 4.42 Å². The van der Waals surface area contributed by atoms with Gasteiger partial charge in [-0.3, -0.25) is 4.79 Å². The second kappa shape index (κ2) is 4.67. The third-order valence-corrected chi connectivity index (χ3v) is 3.27. The zero-order chi connectivity index (χ0) is 12.4. The monoisotopic (exact) mass is 251 g/mol. The number of amides is 1. The number of carbonyl (C=O) groups excluding carboxylic acids is 1. The summed E-state index contributed by atoms with van der Waals surface area (Å²) in [6, 6.07) is 1.92. The van der Waals surface area contributed by atoms with Gasteiger partial charge in [0, 0.05) is 12.1 Å². The third-order valence-electron chi connectivity index (χ3n) is 2.44. The summed E-state index contributed by atoms with van der Waals surface area (Å²) in [5, 5.41) is 6.63. The Bertz CT molecular complexity index is 545. The molecule has 6 heteroatoms. The Morgan fingerprint density at radius 3 is 2.76 bits per heavy atom. The number of aromatic nitrogens is 2. The maximum absolute atomic E-state index is 11.8. The lowest BCUT2D eigenvalue weighted by Crippen LogP contribution is -2.22. The van der Waals surface area contributed by atoms with E-state index in [1.54, 1.807) is 6.92 Å². The van der Waals surface area contributed by atoms with Gasteiger partial charge >= 0.3 is 0 Å². The normalized spacial score (nSPS) is 10.5. The Morgan fingerprint density at radius 1 is 1.47 bits per heavy atom. The van der Waals surface area contributed by atoms with Crippen LogP contribution in [0.3, 0.4) is 0 Å². The van der Waals surface area contributed by atoms with E-state index in [0.717, 1.165) is 28.6 Å². The fourth-order valence-electron chi connectivity index (χ4n) is 1.55. The van der Waals surface area contributed by atoms with Crippen LogP contribution >= 0.6 is 11.5 Å². The highest BCUT2D eigenvalue weighted by Gasteiger charge is 2.13. The van der Waals surface area contributed by atoms with E-state index in [1.807, 2.05) is 19.9 Å². The van der Waals surface area contributed by atoms with Gasteiger partial charge in [0.25, 0.3) is 5.91 Å². The molecule has 0 aliphatic carbocycles. The van der Waals surface area contributed by atoms with Crippen LogP contribution in [0.2, 0.25) is 0 Å². The summed E-state index contributed by atoms with van der Waals surface area (Å²) in [7, 11) is 0. The number of hydrogen-bond donors (Lipinski definition) is 1. The molecule has 2 aromatic heterocycles. The summed E-state index contributed by atoms with van der Waals surface area (Å²) in [6.07, 6.45) is 0. The molecule has 0 aromatic carbocycles. The standard InChI is InChI=1S/C11H13N3O2S/c1-6-4-9(8(3)16-6)5-12-11(15)10-7(2)13-14-17-10/h4H,5H2,1-3H3,(H,12,15). The second-order valence-electron chi connectivity index (χ2n) is 3.81. The predicted octanol–water partition coefficient (Wildman–Crippen LogP) is 1.99. The van der Waals surface area contributed by atoms with Gasteiger partial charge in [0.1, 0.15) is 16.4 Å². The van der Waals surface area contributed by atoms with Crippen molar-refractivity contribution in [1.29, 1.82) is 0 Å². The number of carbonyl (C=O) groups is 1. The Hall–Kier alpha value is -1.69. The van der Waals surface area contributed by atoms with E-state index < -0.39 is 0 Å². The van der Waals surface area contributed by atoms with Crippen molar-refractivity contribution in [2.75, 3.05) is 0 Å². The van der Waals surface area contributed by atoms with E-state index in [1.165, 1.54) is 0 Å². The number of aryl methyl sites for hydroxylation is 3. The predicted molar refractivity (Wildman–Crippen MR) is 64.0 cm³/mol. The topological polar surface area (TPSA) is 68.0 Å². The van der Waals surface area contributed by atoms with E-state index in [0.29, 0.717) is 17.1 Å². The van der Waals surface area contributed by atoms with Crippen molar-refractivity contribution in [3.05, 3.63) is 33.7 Å². The molecule has 0 bridgehead atoms. The molecule has 0 saturated carbocycles. The number of furan rings is 1. The van der Waals surface area contributed by atoms with E-state index >= 15 is 0 Å². The Kier molecular flexibility index (Phi) is 3.23. The average molecular weight is 251 g/mol. The van der Waals surface area contributed by atoms with Crippen LogP contribution in [0.4, 0.5) is 0 Å². The van der Waals surface area contributed by atoms with Gasteiger partial charge in [0.15, 0.2) is 0 Å². The Labute approximate surface area is 103 Å². The molecule has 2 aromatic rings. The fourth-order valence-corrected chi connectivity index (χ4v) is 2.13. The molecular formula is C11H13N3O2S. The lowest BCUT2D eigenvalue weighted by Gasteiger charge is -2.02. The van der Waals surface area contributed by atoms with Crippen molar-refractivity contribution >= 4 is 17.4 Å².